The monoisotopic (exact) mass is 196 g/mol. The van der Waals surface area contributed by atoms with E-state index in [2.05, 4.69) is 5.32 Å². The second-order valence-corrected chi connectivity index (χ2v) is 3.98. The highest BCUT2D eigenvalue weighted by Gasteiger charge is 2.27. The number of amides is 1. The van der Waals surface area contributed by atoms with Crippen LogP contribution in [0.4, 0.5) is 0 Å². The summed E-state index contributed by atoms with van der Waals surface area (Å²) in [4.78, 5) is 13.5. The van der Waals surface area contributed by atoms with E-state index in [0.717, 1.165) is 18.7 Å². The Morgan fingerprint density at radius 3 is 3.23 bits per heavy atom. The average Bonchev–Trinajstić information content (AvgIpc) is 2.62. The van der Waals surface area contributed by atoms with Crippen molar-refractivity contribution < 1.29 is 4.79 Å². The molecule has 1 aromatic rings. The molecule has 2 rings (SSSR count). The Morgan fingerprint density at radius 1 is 1.69 bits per heavy atom. The Hall–Kier alpha value is -0.870. The zero-order valence-corrected chi connectivity index (χ0v) is 8.30. The zero-order chi connectivity index (χ0) is 9.26. The Labute approximate surface area is 81.4 Å². The molecule has 1 aliphatic rings. The molecular weight excluding hydrogens is 184 g/mol. The van der Waals surface area contributed by atoms with Crippen molar-refractivity contribution in [3.63, 3.8) is 0 Å². The second kappa shape index (κ2) is 3.47. The zero-order valence-electron chi connectivity index (χ0n) is 7.49. The van der Waals surface area contributed by atoms with Crippen LogP contribution in [0.5, 0.6) is 0 Å². The van der Waals surface area contributed by atoms with E-state index in [1.165, 1.54) is 0 Å². The molecule has 0 aromatic carbocycles. The summed E-state index contributed by atoms with van der Waals surface area (Å²) >= 11 is 1.63. The molecule has 4 heteroatoms. The smallest absolute Gasteiger partial charge is 0.244 e. The fraction of sp³-hybridized carbons (Fsp3) is 0.444. The quantitative estimate of drug-likeness (QED) is 0.722. The molecule has 0 radical (unpaired) electrons. The topological polar surface area (TPSA) is 32.3 Å². The van der Waals surface area contributed by atoms with Crippen molar-refractivity contribution in [2.45, 2.75) is 6.04 Å². The highest BCUT2D eigenvalue weighted by molar-refractivity contribution is 7.08. The van der Waals surface area contributed by atoms with Crippen molar-refractivity contribution in [1.29, 1.82) is 0 Å². The molecule has 0 bridgehead atoms. The maximum atomic E-state index is 11.7. The number of carbonyl (C=O) groups is 1. The number of nitrogens with zero attached hydrogens (tertiary/aromatic N) is 1. The lowest BCUT2D eigenvalue weighted by atomic mass is 10.1. The molecule has 1 N–H and O–H groups in total. The van der Waals surface area contributed by atoms with Gasteiger partial charge in [0.2, 0.25) is 5.91 Å². The van der Waals surface area contributed by atoms with Gasteiger partial charge < -0.3 is 10.2 Å². The lowest BCUT2D eigenvalue weighted by Crippen LogP contribution is -2.48. The first kappa shape index (κ1) is 8.72. The largest absolute Gasteiger partial charge is 0.343 e. The van der Waals surface area contributed by atoms with Crippen molar-refractivity contribution in [1.82, 2.24) is 10.2 Å². The molecule has 70 valence electrons. The first-order valence-electron chi connectivity index (χ1n) is 4.29. The number of carbonyl (C=O) groups excluding carboxylic acids is 1. The van der Waals surface area contributed by atoms with E-state index in [1.54, 1.807) is 16.2 Å². The molecule has 1 fully saturated rings. The Morgan fingerprint density at radius 2 is 2.54 bits per heavy atom. The molecule has 0 aliphatic carbocycles. The van der Waals surface area contributed by atoms with Crippen LogP contribution < -0.4 is 5.32 Å². The van der Waals surface area contributed by atoms with Crippen molar-refractivity contribution >= 4 is 17.2 Å². The summed E-state index contributed by atoms with van der Waals surface area (Å²) in [6, 6.07) is 1.88. The van der Waals surface area contributed by atoms with Gasteiger partial charge in [-0.25, -0.2) is 0 Å². The minimum Gasteiger partial charge on any atom is -0.343 e. The van der Waals surface area contributed by atoms with Crippen LogP contribution in [0.2, 0.25) is 0 Å². The minimum absolute atomic E-state index is 0.120. The van der Waals surface area contributed by atoms with Crippen molar-refractivity contribution in [2.24, 2.45) is 0 Å². The molecule has 1 aromatic heterocycles. The molecule has 0 spiro atoms. The van der Waals surface area contributed by atoms with Crippen molar-refractivity contribution in [3.05, 3.63) is 22.4 Å². The van der Waals surface area contributed by atoms with Gasteiger partial charge in [-0.15, -0.1) is 0 Å². The van der Waals surface area contributed by atoms with Gasteiger partial charge in [0, 0.05) is 20.1 Å². The molecule has 13 heavy (non-hydrogen) atoms. The fourth-order valence-electron chi connectivity index (χ4n) is 1.49. The lowest BCUT2D eigenvalue weighted by Gasteiger charge is -2.29. The maximum Gasteiger partial charge on any atom is 0.244 e. The molecular formula is C9H12N2OS. The Kier molecular flexibility index (Phi) is 2.33. The van der Waals surface area contributed by atoms with Crippen LogP contribution >= 0.6 is 11.3 Å². The summed E-state index contributed by atoms with van der Waals surface area (Å²) in [5.41, 5.74) is 1.08. The summed E-state index contributed by atoms with van der Waals surface area (Å²) in [6.45, 7) is 1.68. The number of hydrogen-bond donors (Lipinski definition) is 1. The Bertz CT molecular complexity index is 297. The molecule has 1 amide bonds. The minimum atomic E-state index is -0.120. The predicted octanol–water partition coefficient (Wildman–Crippen LogP) is 0.851. The van der Waals surface area contributed by atoms with Crippen molar-refractivity contribution in [3.8, 4) is 0 Å². The molecule has 3 nitrogen and oxygen atoms in total. The fourth-order valence-corrected chi connectivity index (χ4v) is 2.18. The van der Waals surface area contributed by atoms with Gasteiger partial charge in [0.1, 0.15) is 6.04 Å². The molecule has 1 aliphatic heterocycles. The van der Waals surface area contributed by atoms with Crippen LogP contribution in [0.25, 0.3) is 0 Å². The van der Waals surface area contributed by atoms with E-state index in [0.29, 0.717) is 0 Å². The molecule has 0 saturated carbocycles. The number of piperazine rings is 1. The average molecular weight is 196 g/mol. The number of likely N-dealkylation sites (N-methyl/N-ethyl adjacent to an activating group) is 1. The van der Waals surface area contributed by atoms with E-state index in [1.807, 2.05) is 23.9 Å². The number of thiophene rings is 1. The standard InChI is InChI=1S/C9H12N2OS/c1-11-4-3-10-8(9(11)12)7-2-5-13-6-7/h2,5-6,8,10H,3-4H2,1H3. The first-order chi connectivity index (χ1) is 6.29. The van der Waals surface area contributed by atoms with Gasteiger partial charge in [-0.2, -0.15) is 11.3 Å². The normalized spacial score (nSPS) is 23.6. The van der Waals surface area contributed by atoms with Crippen LogP contribution in [-0.4, -0.2) is 30.9 Å². The molecule has 2 heterocycles. The van der Waals surface area contributed by atoms with E-state index >= 15 is 0 Å². The summed E-state index contributed by atoms with van der Waals surface area (Å²) in [5.74, 6) is 0.171. The molecule has 1 saturated heterocycles. The Balaban J connectivity index is 2.19. The van der Waals surface area contributed by atoms with Gasteiger partial charge in [-0.3, -0.25) is 4.79 Å². The van der Waals surface area contributed by atoms with Crippen LogP contribution in [0.3, 0.4) is 0 Å². The SMILES string of the molecule is CN1CCNC(c2ccsc2)C1=O. The maximum absolute atomic E-state index is 11.7. The summed E-state index contributed by atoms with van der Waals surface area (Å²) in [6.07, 6.45) is 0. The van der Waals surface area contributed by atoms with Gasteiger partial charge in [-0.05, 0) is 22.4 Å². The third kappa shape index (κ3) is 1.59. The van der Waals surface area contributed by atoms with Crippen LogP contribution in [0, 0.1) is 0 Å². The van der Waals surface area contributed by atoms with Gasteiger partial charge in [0.05, 0.1) is 0 Å². The first-order valence-corrected chi connectivity index (χ1v) is 5.24. The van der Waals surface area contributed by atoms with Gasteiger partial charge in [0.25, 0.3) is 0 Å². The number of hydrogen-bond acceptors (Lipinski definition) is 3. The highest BCUT2D eigenvalue weighted by Crippen LogP contribution is 2.19. The van der Waals surface area contributed by atoms with Gasteiger partial charge >= 0.3 is 0 Å². The molecule has 1 unspecified atom stereocenters. The van der Waals surface area contributed by atoms with Gasteiger partial charge in [0.15, 0.2) is 0 Å². The van der Waals surface area contributed by atoms with E-state index in [-0.39, 0.29) is 11.9 Å². The number of rotatable bonds is 1. The summed E-state index contributed by atoms with van der Waals surface area (Å²) in [7, 11) is 1.85. The van der Waals surface area contributed by atoms with Crippen molar-refractivity contribution in [2.75, 3.05) is 20.1 Å². The third-order valence-electron chi connectivity index (χ3n) is 2.30. The van der Waals surface area contributed by atoms with Crippen LogP contribution in [0.1, 0.15) is 11.6 Å². The number of nitrogens with one attached hydrogen (secondary N) is 1. The van der Waals surface area contributed by atoms with E-state index in [4.69, 9.17) is 0 Å². The summed E-state index contributed by atoms with van der Waals surface area (Å²) in [5, 5.41) is 7.24. The third-order valence-corrected chi connectivity index (χ3v) is 3.00. The lowest BCUT2D eigenvalue weighted by molar-refractivity contribution is -0.134. The summed E-state index contributed by atoms with van der Waals surface area (Å²) < 4.78 is 0. The predicted molar refractivity (Wildman–Crippen MR) is 52.7 cm³/mol. The van der Waals surface area contributed by atoms with Crippen LogP contribution in [-0.2, 0) is 4.79 Å². The second-order valence-electron chi connectivity index (χ2n) is 3.20. The van der Waals surface area contributed by atoms with E-state index in [9.17, 15) is 4.79 Å². The molecule has 1 atom stereocenters. The van der Waals surface area contributed by atoms with E-state index < -0.39 is 0 Å². The highest BCUT2D eigenvalue weighted by atomic mass is 32.1. The van der Waals surface area contributed by atoms with Crippen LogP contribution in [0.15, 0.2) is 16.8 Å². The van der Waals surface area contributed by atoms with Gasteiger partial charge in [-0.1, -0.05) is 0 Å².